The van der Waals surface area contributed by atoms with Gasteiger partial charge in [-0.15, -0.1) is 0 Å². The number of nitrogens with zero attached hydrogens (tertiary/aromatic N) is 4. The van der Waals surface area contributed by atoms with Crippen LogP contribution in [0, 0.1) is 11.8 Å². The lowest BCUT2D eigenvalue weighted by Crippen LogP contribution is -2.39. The molecule has 1 aliphatic heterocycles. The second kappa shape index (κ2) is 6.43. The van der Waals surface area contributed by atoms with Crippen molar-refractivity contribution >= 4 is 5.91 Å². The highest BCUT2D eigenvalue weighted by molar-refractivity contribution is 5.78. The van der Waals surface area contributed by atoms with Crippen LogP contribution in [0.4, 0.5) is 0 Å². The van der Waals surface area contributed by atoms with Gasteiger partial charge in [-0.25, -0.2) is 0 Å². The van der Waals surface area contributed by atoms with Gasteiger partial charge in [-0.3, -0.25) is 14.4 Å². The molecular weight excluding hydrogens is 302 g/mol. The first kappa shape index (κ1) is 15.4. The van der Waals surface area contributed by atoms with E-state index >= 15 is 0 Å². The molecule has 2 aliphatic rings. The quantitative estimate of drug-likeness (QED) is 0.903. The third-order valence-electron chi connectivity index (χ3n) is 5.00. The Morgan fingerprint density at radius 2 is 2.25 bits per heavy atom. The van der Waals surface area contributed by atoms with Crippen LogP contribution in [0.1, 0.15) is 24.1 Å². The lowest BCUT2D eigenvalue weighted by Gasteiger charge is -2.23. The molecule has 1 unspecified atom stereocenters. The zero-order valence-electron chi connectivity index (χ0n) is 14.2. The van der Waals surface area contributed by atoms with E-state index in [0.717, 1.165) is 32.7 Å². The van der Waals surface area contributed by atoms with E-state index in [-0.39, 0.29) is 11.8 Å². The van der Waals surface area contributed by atoms with Crippen LogP contribution in [-0.2, 0) is 31.5 Å². The van der Waals surface area contributed by atoms with E-state index in [4.69, 9.17) is 0 Å². The van der Waals surface area contributed by atoms with Gasteiger partial charge in [0.15, 0.2) is 0 Å². The number of hydrogen-bond donors (Lipinski definition) is 1. The Kier molecular flexibility index (Phi) is 4.14. The number of carbonyl (C=O) groups is 1. The average Bonchev–Trinajstić information content (AvgIpc) is 3.21. The molecule has 1 aliphatic carbocycles. The fourth-order valence-corrected chi connectivity index (χ4v) is 3.48. The fourth-order valence-electron chi connectivity index (χ4n) is 3.48. The Hall–Kier alpha value is -2.08. The molecule has 1 amide bonds. The van der Waals surface area contributed by atoms with Gasteiger partial charge in [-0.1, -0.05) is 0 Å². The van der Waals surface area contributed by atoms with Crippen LogP contribution >= 0.6 is 0 Å². The number of amides is 1. The summed E-state index contributed by atoms with van der Waals surface area (Å²) < 4.78 is 4.06. The molecule has 128 valence electrons. The minimum absolute atomic E-state index is 0.00549. The van der Waals surface area contributed by atoms with Crippen LogP contribution in [0.15, 0.2) is 30.7 Å². The van der Waals surface area contributed by atoms with Crippen molar-refractivity contribution in [1.82, 2.24) is 24.6 Å². The topological polar surface area (TPSA) is 55.1 Å². The minimum atomic E-state index is -0.00549. The molecule has 6 nitrogen and oxygen atoms in total. The molecule has 24 heavy (non-hydrogen) atoms. The predicted octanol–water partition coefficient (Wildman–Crippen LogP) is 1.38. The summed E-state index contributed by atoms with van der Waals surface area (Å²) in [6, 6.07) is 4.22. The number of aryl methyl sites for hydroxylation is 1. The number of hydrogen-bond acceptors (Lipinski definition) is 3. The summed E-state index contributed by atoms with van der Waals surface area (Å²) in [6.07, 6.45) is 8.57. The van der Waals surface area contributed by atoms with Crippen molar-refractivity contribution in [2.75, 3.05) is 13.1 Å². The van der Waals surface area contributed by atoms with E-state index in [0.29, 0.717) is 5.92 Å². The van der Waals surface area contributed by atoms with Crippen LogP contribution in [0.5, 0.6) is 0 Å². The summed E-state index contributed by atoms with van der Waals surface area (Å²) in [5.41, 5.74) is 2.46. The molecule has 0 aromatic carbocycles. The van der Waals surface area contributed by atoms with Crippen molar-refractivity contribution in [3.05, 3.63) is 42.0 Å². The van der Waals surface area contributed by atoms with E-state index < -0.39 is 0 Å². The Morgan fingerprint density at radius 1 is 1.38 bits per heavy atom. The molecule has 0 bridgehead atoms. The number of rotatable bonds is 5. The lowest BCUT2D eigenvalue weighted by molar-refractivity contribution is -0.126. The van der Waals surface area contributed by atoms with Crippen molar-refractivity contribution in [3.8, 4) is 0 Å². The highest BCUT2D eigenvalue weighted by atomic mass is 16.1. The Balaban J connectivity index is 1.48. The van der Waals surface area contributed by atoms with Crippen LogP contribution in [0.3, 0.4) is 0 Å². The first-order valence-electron chi connectivity index (χ1n) is 8.79. The first-order valence-corrected chi connectivity index (χ1v) is 8.79. The molecular formula is C18H25N5O. The third-order valence-corrected chi connectivity index (χ3v) is 5.00. The molecule has 0 radical (unpaired) electrons. The molecule has 2 aromatic rings. The maximum absolute atomic E-state index is 12.6. The van der Waals surface area contributed by atoms with Gasteiger partial charge in [0, 0.05) is 63.4 Å². The minimum Gasteiger partial charge on any atom is -0.355 e. The average molecular weight is 327 g/mol. The second-order valence-corrected chi connectivity index (χ2v) is 7.23. The van der Waals surface area contributed by atoms with Gasteiger partial charge >= 0.3 is 0 Å². The molecule has 1 atom stereocenters. The van der Waals surface area contributed by atoms with Crippen molar-refractivity contribution in [3.63, 3.8) is 0 Å². The Morgan fingerprint density at radius 3 is 3.00 bits per heavy atom. The standard InChI is InChI=1S/C18H25N5O/c1-21-9-15(8-20-21)10-22-11-16(18(24)19-7-14-4-5-14)12-23-6-2-3-17(23)13-22/h2-3,6,8-9,14,16H,4-5,7,10-13H2,1H3,(H,19,24). The molecule has 1 fully saturated rings. The van der Waals surface area contributed by atoms with Crippen LogP contribution < -0.4 is 5.32 Å². The van der Waals surface area contributed by atoms with Crippen LogP contribution in [0.25, 0.3) is 0 Å². The predicted molar refractivity (Wildman–Crippen MR) is 91.0 cm³/mol. The molecule has 0 saturated heterocycles. The summed E-state index contributed by atoms with van der Waals surface area (Å²) in [7, 11) is 1.94. The van der Waals surface area contributed by atoms with Gasteiger partial charge in [0.1, 0.15) is 0 Å². The molecule has 0 spiro atoms. The molecule has 6 heteroatoms. The van der Waals surface area contributed by atoms with Gasteiger partial charge in [0.2, 0.25) is 5.91 Å². The van der Waals surface area contributed by atoms with Crippen molar-refractivity contribution in [2.45, 2.75) is 32.5 Å². The van der Waals surface area contributed by atoms with Crippen molar-refractivity contribution in [1.29, 1.82) is 0 Å². The lowest BCUT2D eigenvalue weighted by atomic mass is 10.1. The number of carbonyl (C=O) groups excluding carboxylic acids is 1. The third kappa shape index (κ3) is 3.53. The van der Waals surface area contributed by atoms with E-state index in [1.807, 2.05) is 24.1 Å². The van der Waals surface area contributed by atoms with Gasteiger partial charge in [0.05, 0.1) is 12.1 Å². The highest BCUT2D eigenvalue weighted by Crippen LogP contribution is 2.28. The van der Waals surface area contributed by atoms with Gasteiger partial charge in [-0.05, 0) is 30.9 Å². The number of aromatic nitrogens is 3. The highest BCUT2D eigenvalue weighted by Gasteiger charge is 2.28. The summed E-state index contributed by atoms with van der Waals surface area (Å²) in [5, 5.41) is 7.41. The van der Waals surface area contributed by atoms with Gasteiger partial charge < -0.3 is 9.88 Å². The van der Waals surface area contributed by atoms with Crippen molar-refractivity contribution in [2.24, 2.45) is 18.9 Å². The van der Waals surface area contributed by atoms with Crippen LogP contribution in [0.2, 0.25) is 0 Å². The first-order chi connectivity index (χ1) is 11.7. The monoisotopic (exact) mass is 327 g/mol. The van der Waals surface area contributed by atoms with E-state index in [1.165, 1.54) is 24.1 Å². The summed E-state index contributed by atoms with van der Waals surface area (Å²) >= 11 is 0. The van der Waals surface area contributed by atoms with Gasteiger partial charge in [-0.2, -0.15) is 5.10 Å². The summed E-state index contributed by atoms with van der Waals surface area (Å²) in [5.74, 6) is 0.905. The molecule has 3 heterocycles. The van der Waals surface area contributed by atoms with Crippen LogP contribution in [-0.4, -0.2) is 38.2 Å². The Labute approximate surface area is 142 Å². The Bertz CT molecular complexity index is 715. The zero-order valence-corrected chi connectivity index (χ0v) is 14.2. The largest absolute Gasteiger partial charge is 0.355 e. The molecule has 1 saturated carbocycles. The maximum Gasteiger partial charge on any atom is 0.226 e. The number of nitrogens with one attached hydrogen (secondary N) is 1. The molecule has 1 N–H and O–H groups in total. The SMILES string of the molecule is Cn1cc(CN2Cc3cccn3CC(C(=O)NCC3CC3)C2)cn1. The van der Waals surface area contributed by atoms with Gasteiger partial charge in [0.25, 0.3) is 0 Å². The molecule has 2 aromatic heterocycles. The summed E-state index contributed by atoms with van der Waals surface area (Å²) in [6.45, 7) is 4.09. The maximum atomic E-state index is 12.6. The fraction of sp³-hybridized carbons (Fsp3) is 0.556. The van der Waals surface area contributed by atoms with E-state index in [2.05, 4.69) is 38.2 Å². The second-order valence-electron chi connectivity index (χ2n) is 7.23. The summed E-state index contributed by atoms with van der Waals surface area (Å²) in [4.78, 5) is 15.0. The van der Waals surface area contributed by atoms with E-state index in [9.17, 15) is 4.79 Å². The number of fused-ring (bicyclic) bond motifs is 1. The van der Waals surface area contributed by atoms with Crippen molar-refractivity contribution < 1.29 is 4.79 Å². The normalized spacial score (nSPS) is 21.3. The molecule has 4 rings (SSSR count). The van der Waals surface area contributed by atoms with E-state index in [1.54, 1.807) is 0 Å². The smallest absolute Gasteiger partial charge is 0.226 e. The zero-order chi connectivity index (χ0) is 16.5.